The first kappa shape index (κ1) is 14.6. The Hall–Kier alpha value is -0.450. The molecule has 0 radical (unpaired) electrons. The first-order chi connectivity index (χ1) is 8.15. The molecule has 1 N–H and O–H groups in total. The molecule has 0 aliphatic rings. The zero-order valence-corrected chi connectivity index (χ0v) is 11.7. The predicted octanol–water partition coefficient (Wildman–Crippen LogP) is 3.18. The molecule has 0 heterocycles. The standard InChI is InChI=1S/C13H19BrFNO/c1-16(8-3-2-4-9-17)10-11-6-5-7-12(15)13(11)14/h5-7,17H,2-4,8-10H2,1H3. The monoisotopic (exact) mass is 303 g/mol. The lowest BCUT2D eigenvalue weighted by Crippen LogP contribution is -2.19. The van der Waals surface area contributed by atoms with Gasteiger partial charge >= 0.3 is 0 Å². The van der Waals surface area contributed by atoms with E-state index in [9.17, 15) is 4.39 Å². The number of halogens is 2. The number of rotatable bonds is 7. The number of hydrogen-bond donors (Lipinski definition) is 1. The van der Waals surface area contributed by atoms with Crippen LogP contribution in [0.5, 0.6) is 0 Å². The largest absolute Gasteiger partial charge is 0.396 e. The van der Waals surface area contributed by atoms with Gasteiger partial charge in [0.1, 0.15) is 5.82 Å². The van der Waals surface area contributed by atoms with E-state index in [1.807, 2.05) is 13.1 Å². The van der Waals surface area contributed by atoms with E-state index in [1.54, 1.807) is 6.07 Å². The molecule has 0 saturated carbocycles. The topological polar surface area (TPSA) is 23.5 Å². The van der Waals surface area contributed by atoms with Crippen LogP contribution in [-0.2, 0) is 6.54 Å². The number of nitrogens with zero attached hydrogens (tertiary/aromatic N) is 1. The molecule has 4 heteroatoms. The number of aliphatic hydroxyl groups is 1. The molecule has 0 fully saturated rings. The molecule has 0 aliphatic carbocycles. The van der Waals surface area contributed by atoms with Gasteiger partial charge < -0.3 is 10.0 Å². The fourth-order valence-corrected chi connectivity index (χ4v) is 2.10. The molecule has 17 heavy (non-hydrogen) atoms. The van der Waals surface area contributed by atoms with Gasteiger partial charge in [-0.1, -0.05) is 12.1 Å². The molecular weight excluding hydrogens is 285 g/mol. The molecular formula is C13H19BrFNO. The normalized spacial score (nSPS) is 11.1. The van der Waals surface area contributed by atoms with E-state index in [-0.39, 0.29) is 12.4 Å². The van der Waals surface area contributed by atoms with Crippen molar-refractivity contribution >= 4 is 15.9 Å². The van der Waals surface area contributed by atoms with Crippen LogP contribution in [0.3, 0.4) is 0 Å². The van der Waals surface area contributed by atoms with Crippen molar-refractivity contribution in [2.45, 2.75) is 25.8 Å². The molecule has 1 rings (SSSR count). The lowest BCUT2D eigenvalue weighted by Gasteiger charge is -2.17. The van der Waals surface area contributed by atoms with E-state index in [2.05, 4.69) is 20.8 Å². The van der Waals surface area contributed by atoms with Gasteiger partial charge in [-0.3, -0.25) is 0 Å². The second-order valence-electron chi connectivity index (χ2n) is 4.23. The first-order valence-electron chi connectivity index (χ1n) is 5.87. The van der Waals surface area contributed by atoms with E-state index in [0.29, 0.717) is 4.47 Å². The van der Waals surface area contributed by atoms with E-state index < -0.39 is 0 Å². The van der Waals surface area contributed by atoms with Crippen molar-refractivity contribution in [3.8, 4) is 0 Å². The first-order valence-corrected chi connectivity index (χ1v) is 6.66. The van der Waals surface area contributed by atoms with E-state index in [1.165, 1.54) is 6.07 Å². The summed E-state index contributed by atoms with van der Waals surface area (Å²) in [6.07, 6.45) is 2.95. The van der Waals surface area contributed by atoms with Gasteiger partial charge in [0.2, 0.25) is 0 Å². The Kier molecular flexibility index (Phi) is 6.70. The number of hydrogen-bond acceptors (Lipinski definition) is 2. The van der Waals surface area contributed by atoms with Crippen molar-refractivity contribution in [1.82, 2.24) is 4.90 Å². The highest BCUT2D eigenvalue weighted by atomic mass is 79.9. The smallest absolute Gasteiger partial charge is 0.137 e. The summed E-state index contributed by atoms with van der Waals surface area (Å²) in [4.78, 5) is 2.16. The number of benzene rings is 1. The molecule has 96 valence electrons. The highest BCUT2D eigenvalue weighted by molar-refractivity contribution is 9.10. The van der Waals surface area contributed by atoms with Gasteiger partial charge in [0.15, 0.2) is 0 Å². The Balaban J connectivity index is 2.39. The van der Waals surface area contributed by atoms with Gasteiger partial charge in [-0.15, -0.1) is 0 Å². The van der Waals surface area contributed by atoms with Crippen LogP contribution in [0.25, 0.3) is 0 Å². The predicted molar refractivity (Wildman–Crippen MR) is 71.4 cm³/mol. The van der Waals surface area contributed by atoms with Gasteiger partial charge in [-0.05, 0) is 60.4 Å². The zero-order chi connectivity index (χ0) is 12.7. The minimum atomic E-state index is -0.212. The molecule has 1 aromatic carbocycles. The average molecular weight is 304 g/mol. The number of unbranched alkanes of at least 4 members (excludes halogenated alkanes) is 2. The number of aliphatic hydroxyl groups excluding tert-OH is 1. The molecule has 0 amide bonds. The minimum absolute atomic E-state index is 0.212. The summed E-state index contributed by atoms with van der Waals surface area (Å²) in [5.74, 6) is -0.212. The molecule has 0 bridgehead atoms. The summed E-state index contributed by atoms with van der Waals surface area (Å²) in [6, 6.07) is 5.11. The van der Waals surface area contributed by atoms with Crippen LogP contribution in [0.2, 0.25) is 0 Å². The van der Waals surface area contributed by atoms with Crippen LogP contribution in [0.15, 0.2) is 22.7 Å². The van der Waals surface area contributed by atoms with Crippen LogP contribution in [0.1, 0.15) is 24.8 Å². The highest BCUT2D eigenvalue weighted by Crippen LogP contribution is 2.21. The van der Waals surface area contributed by atoms with Gasteiger partial charge in [0.05, 0.1) is 4.47 Å². The van der Waals surface area contributed by atoms with Crippen molar-refractivity contribution in [2.75, 3.05) is 20.2 Å². The Labute approximate surface area is 111 Å². The second-order valence-corrected chi connectivity index (χ2v) is 5.03. The fraction of sp³-hybridized carbons (Fsp3) is 0.538. The van der Waals surface area contributed by atoms with Crippen molar-refractivity contribution in [3.63, 3.8) is 0 Å². The van der Waals surface area contributed by atoms with E-state index >= 15 is 0 Å². The minimum Gasteiger partial charge on any atom is -0.396 e. The van der Waals surface area contributed by atoms with Crippen LogP contribution >= 0.6 is 15.9 Å². The summed E-state index contributed by atoms with van der Waals surface area (Å²) in [5.41, 5.74) is 0.967. The summed E-state index contributed by atoms with van der Waals surface area (Å²) in [5, 5.41) is 8.67. The Morgan fingerprint density at radius 1 is 1.29 bits per heavy atom. The lowest BCUT2D eigenvalue weighted by molar-refractivity contribution is 0.271. The lowest BCUT2D eigenvalue weighted by atomic mass is 10.2. The second kappa shape index (κ2) is 7.80. The van der Waals surface area contributed by atoms with Crippen LogP contribution < -0.4 is 0 Å². The maximum Gasteiger partial charge on any atom is 0.137 e. The van der Waals surface area contributed by atoms with Crippen molar-refractivity contribution in [1.29, 1.82) is 0 Å². The van der Waals surface area contributed by atoms with Crippen LogP contribution in [0, 0.1) is 5.82 Å². The summed E-state index contributed by atoms with van der Waals surface area (Å²) >= 11 is 3.27. The van der Waals surface area contributed by atoms with E-state index in [0.717, 1.165) is 37.9 Å². The fourth-order valence-electron chi connectivity index (χ4n) is 1.71. The highest BCUT2D eigenvalue weighted by Gasteiger charge is 2.07. The third-order valence-corrected chi connectivity index (χ3v) is 3.56. The molecule has 0 aliphatic heterocycles. The van der Waals surface area contributed by atoms with Gasteiger partial charge in [0, 0.05) is 13.2 Å². The Morgan fingerprint density at radius 3 is 2.76 bits per heavy atom. The molecule has 0 spiro atoms. The molecule has 2 nitrogen and oxygen atoms in total. The quantitative estimate of drug-likeness (QED) is 0.782. The summed E-state index contributed by atoms with van der Waals surface area (Å²) < 4.78 is 13.8. The average Bonchev–Trinajstić information content (AvgIpc) is 2.31. The van der Waals surface area contributed by atoms with E-state index in [4.69, 9.17) is 5.11 Å². The Morgan fingerprint density at radius 2 is 2.06 bits per heavy atom. The van der Waals surface area contributed by atoms with Gasteiger partial charge in [-0.2, -0.15) is 0 Å². The van der Waals surface area contributed by atoms with Gasteiger partial charge in [-0.25, -0.2) is 4.39 Å². The maximum atomic E-state index is 13.3. The molecule has 0 unspecified atom stereocenters. The zero-order valence-electron chi connectivity index (χ0n) is 10.1. The third kappa shape index (κ3) is 5.15. The van der Waals surface area contributed by atoms with Crippen LogP contribution in [0.4, 0.5) is 4.39 Å². The Bertz CT molecular complexity index is 346. The maximum absolute atomic E-state index is 13.3. The molecule has 1 aromatic rings. The third-order valence-electron chi connectivity index (χ3n) is 2.67. The molecule has 0 saturated heterocycles. The van der Waals surface area contributed by atoms with Crippen molar-refractivity contribution < 1.29 is 9.50 Å². The van der Waals surface area contributed by atoms with Crippen molar-refractivity contribution in [2.24, 2.45) is 0 Å². The van der Waals surface area contributed by atoms with Crippen molar-refractivity contribution in [3.05, 3.63) is 34.1 Å². The SMILES string of the molecule is CN(CCCCCO)Cc1cccc(F)c1Br. The summed E-state index contributed by atoms with van der Waals surface area (Å²) in [6.45, 7) is 1.96. The molecule has 0 atom stereocenters. The molecule has 0 aromatic heterocycles. The van der Waals surface area contributed by atoms with Gasteiger partial charge in [0.25, 0.3) is 0 Å². The van der Waals surface area contributed by atoms with Crippen LogP contribution in [-0.4, -0.2) is 30.2 Å². The summed E-state index contributed by atoms with van der Waals surface area (Å²) in [7, 11) is 2.02.